The number of hydrogen-bond acceptors (Lipinski definition) is 5. The predicted octanol–water partition coefficient (Wildman–Crippen LogP) is 12.5. The number of furan rings is 1. The fraction of sp³-hybridized carbons (Fsp3) is 0. The van der Waals surface area contributed by atoms with E-state index in [4.69, 9.17) is 14.4 Å². The van der Waals surface area contributed by atoms with Crippen molar-refractivity contribution >= 4 is 53.4 Å². The van der Waals surface area contributed by atoms with Crippen LogP contribution in [0.3, 0.4) is 0 Å². The van der Waals surface area contributed by atoms with Crippen molar-refractivity contribution in [2.24, 2.45) is 0 Å². The number of para-hydroxylation sites is 1. The molecule has 0 spiro atoms. The molecule has 0 saturated heterocycles. The Balaban J connectivity index is 1.23. The molecule has 10 aromatic rings. The van der Waals surface area contributed by atoms with Gasteiger partial charge in [0.05, 0.1) is 11.4 Å². The standard InChI is InChI=1S/C45H27N3OS/c1-2-10-29(11-3-1)38-27-39(31-13-8-12-30(26-31)28-22-24-46-25-23-28)48-45(47-38)37-21-20-33(43-42(37)36-15-4-6-18-40(36)49-43)35-17-9-16-34-32-14-5-7-19-41(32)50-44(34)35/h1-27H. The largest absolute Gasteiger partial charge is 0.455 e. The van der Waals surface area contributed by atoms with Crippen LogP contribution in [-0.4, -0.2) is 15.0 Å². The van der Waals surface area contributed by atoms with E-state index in [0.29, 0.717) is 5.82 Å². The maximum Gasteiger partial charge on any atom is 0.161 e. The Morgan fingerprint density at radius 2 is 1.14 bits per heavy atom. The van der Waals surface area contributed by atoms with Gasteiger partial charge in [0.1, 0.15) is 11.2 Å². The molecule has 0 bridgehead atoms. The molecule has 10 rings (SSSR count). The van der Waals surface area contributed by atoms with E-state index in [-0.39, 0.29) is 0 Å². The van der Waals surface area contributed by atoms with Gasteiger partial charge in [0.25, 0.3) is 0 Å². The zero-order valence-corrected chi connectivity index (χ0v) is 27.6. The molecule has 0 fully saturated rings. The zero-order valence-electron chi connectivity index (χ0n) is 26.7. The van der Waals surface area contributed by atoms with Crippen LogP contribution < -0.4 is 0 Å². The summed E-state index contributed by atoms with van der Waals surface area (Å²) in [5.74, 6) is 0.652. The van der Waals surface area contributed by atoms with Crippen molar-refractivity contribution in [3.8, 4) is 56.2 Å². The van der Waals surface area contributed by atoms with Gasteiger partial charge >= 0.3 is 0 Å². The van der Waals surface area contributed by atoms with Gasteiger partial charge in [-0.25, -0.2) is 9.97 Å². The first-order chi connectivity index (χ1) is 24.8. The zero-order chi connectivity index (χ0) is 33.0. The monoisotopic (exact) mass is 657 g/mol. The summed E-state index contributed by atoms with van der Waals surface area (Å²) in [5, 5.41) is 4.59. The summed E-state index contributed by atoms with van der Waals surface area (Å²) in [6.45, 7) is 0. The highest BCUT2D eigenvalue weighted by molar-refractivity contribution is 7.26. The molecule has 0 N–H and O–H groups in total. The molecular weight excluding hydrogens is 631 g/mol. The van der Waals surface area contributed by atoms with Crippen LogP contribution in [0.2, 0.25) is 0 Å². The molecule has 4 heterocycles. The van der Waals surface area contributed by atoms with E-state index in [2.05, 4.69) is 114 Å². The molecule has 6 aromatic carbocycles. The molecular formula is C45H27N3OS. The van der Waals surface area contributed by atoms with Gasteiger partial charge in [0.2, 0.25) is 0 Å². The van der Waals surface area contributed by atoms with Crippen LogP contribution in [0.1, 0.15) is 0 Å². The van der Waals surface area contributed by atoms with Gasteiger partial charge < -0.3 is 4.42 Å². The molecule has 0 aliphatic rings. The summed E-state index contributed by atoms with van der Waals surface area (Å²) in [5.41, 5.74) is 10.8. The summed E-state index contributed by atoms with van der Waals surface area (Å²) in [4.78, 5) is 14.7. The Kier molecular flexibility index (Phi) is 6.64. The molecule has 0 radical (unpaired) electrons. The van der Waals surface area contributed by atoms with Crippen LogP contribution in [0.15, 0.2) is 168 Å². The lowest BCUT2D eigenvalue weighted by molar-refractivity contribution is 0.670. The first kappa shape index (κ1) is 28.6. The number of pyridine rings is 1. The molecule has 5 heteroatoms. The van der Waals surface area contributed by atoms with Gasteiger partial charge in [0, 0.05) is 71.2 Å². The van der Waals surface area contributed by atoms with Gasteiger partial charge in [0.15, 0.2) is 5.82 Å². The molecule has 4 nitrogen and oxygen atoms in total. The van der Waals surface area contributed by atoms with Crippen molar-refractivity contribution in [3.63, 3.8) is 0 Å². The van der Waals surface area contributed by atoms with Gasteiger partial charge in [-0.2, -0.15) is 0 Å². The number of nitrogens with zero attached hydrogens (tertiary/aromatic N) is 3. The van der Waals surface area contributed by atoms with Gasteiger partial charge in [-0.15, -0.1) is 11.3 Å². The van der Waals surface area contributed by atoms with Crippen molar-refractivity contribution in [1.29, 1.82) is 0 Å². The maximum atomic E-state index is 6.76. The summed E-state index contributed by atoms with van der Waals surface area (Å²) in [6, 6.07) is 52.8. The summed E-state index contributed by atoms with van der Waals surface area (Å²) in [6.07, 6.45) is 3.65. The van der Waals surface area contributed by atoms with Crippen LogP contribution in [0.25, 0.3) is 98.3 Å². The number of rotatable bonds is 5. The van der Waals surface area contributed by atoms with Crippen molar-refractivity contribution in [2.75, 3.05) is 0 Å². The summed E-state index contributed by atoms with van der Waals surface area (Å²) in [7, 11) is 0. The topological polar surface area (TPSA) is 51.8 Å². The van der Waals surface area contributed by atoms with Crippen LogP contribution >= 0.6 is 11.3 Å². The maximum absolute atomic E-state index is 6.76. The third-order valence-corrected chi connectivity index (χ3v) is 10.6. The molecule has 0 amide bonds. The van der Waals surface area contributed by atoms with E-state index in [1.165, 1.54) is 20.2 Å². The van der Waals surface area contributed by atoms with Crippen molar-refractivity contribution in [1.82, 2.24) is 15.0 Å². The Morgan fingerprint density at radius 3 is 2.02 bits per heavy atom. The van der Waals surface area contributed by atoms with E-state index in [1.807, 2.05) is 66.2 Å². The van der Waals surface area contributed by atoms with E-state index >= 15 is 0 Å². The minimum Gasteiger partial charge on any atom is -0.455 e. The lowest BCUT2D eigenvalue weighted by Gasteiger charge is -2.12. The third kappa shape index (κ3) is 4.71. The van der Waals surface area contributed by atoms with Gasteiger partial charge in [-0.1, -0.05) is 103 Å². The quantitative estimate of drug-likeness (QED) is 0.185. The van der Waals surface area contributed by atoms with Crippen LogP contribution in [-0.2, 0) is 0 Å². The van der Waals surface area contributed by atoms with Gasteiger partial charge in [-0.05, 0) is 59.7 Å². The van der Waals surface area contributed by atoms with Crippen molar-refractivity contribution < 1.29 is 4.42 Å². The highest BCUT2D eigenvalue weighted by Crippen LogP contribution is 2.46. The molecule has 4 aromatic heterocycles. The fourth-order valence-corrected chi connectivity index (χ4v) is 8.29. The fourth-order valence-electron chi connectivity index (χ4n) is 7.06. The van der Waals surface area contributed by atoms with Crippen LogP contribution in [0, 0.1) is 0 Å². The van der Waals surface area contributed by atoms with Crippen molar-refractivity contribution in [3.05, 3.63) is 164 Å². The molecule has 0 aliphatic heterocycles. The van der Waals surface area contributed by atoms with E-state index < -0.39 is 0 Å². The molecule has 50 heavy (non-hydrogen) atoms. The van der Waals surface area contributed by atoms with Gasteiger partial charge in [-0.3, -0.25) is 4.98 Å². The lowest BCUT2D eigenvalue weighted by atomic mass is 9.96. The van der Waals surface area contributed by atoms with E-state index in [9.17, 15) is 0 Å². The van der Waals surface area contributed by atoms with Crippen molar-refractivity contribution in [2.45, 2.75) is 0 Å². The highest BCUT2D eigenvalue weighted by Gasteiger charge is 2.22. The van der Waals surface area contributed by atoms with Crippen LogP contribution in [0.4, 0.5) is 0 Å². The van der Waals surface area contributed by atoms with E-state index in [0.717, 1.165) is 72.3 Å². The highest BCUT2D eigenvalue weighted by atomic mass is 32.1. The second-order valence-corrected chi connectivity index (χ2v) is 13.4. The summed E-state index contributed by atoms with van der Waals surface area (Å²) < 4.78 is 9.29. The first-order valence-corrected chi connectivity index (χ1v) is 17.4. The Hall–Kier alpha value is -6.43. The third-order valence-electron chi connectivity index (χ3n) is 9.43. The number of aromatic nitrogens is 3. The predicted molar refractivity (Wildman–Crippen MR) is 207 cm³/mol. The Bertz CT molecular complexity index is 2870. The smallest absolute Gasteiger partial charge is 0.161 e. The molecule has 0 atom stereocenters. The second-order valence-electron chi connectivity index (χ2n) is 12.4. The number of benzene rings is 6. The summed E-state index contributed by atoms with van der Waals surface area (Å²) >= 11 is 1.83. The number of fused-ring (bicyclic) bond motifs is 6. The molecule has 0 unspecified atom stereocenters. The second kappa shape index (κ2) is 11.6. The minimum absolute atomic E-state index is 0.652. The Labute approximate surface area is 292 Å². The lowest BCUT2D eigenvalue weighted by Crippen LogP contribution is -1.97. The SMILES string of the molecule is c1ccc(-c2cc(-c3cccc(-c4ccncc4)c3)nc(-c3ccc(-c4cccc5c4sc4ccccc45)c4oc5ccccc5c34)n2)cc1. The minimum atomic E-state index is 0.652. The molecule has 0 aliphatic carbocycles. The number of hydrogen-bond donors (Lipinski definition) is 0. The average Bonchev–Trinajstić information content (AvgIpc) is 3.78. The van der Waals surface area contributed by atoms with E-state index in [1.54, 1.807) is 0 Å². The normalized spacial score (nSPS) is 11.6. The Morgan fingerprint density at radius 1 is 0.460 bits per heavy atom. The molecule has 234 valence electrons. The molecule has 0 saturated carbocycles. The average molecular weight is 658 g/mol. The first-order valence-electron chi connectivity index (χ1n) is 16.6. The van der Waals surface area contributed by atoms with Crippen LogP contribution in [0.5, 0.6) is 0 Å². The number of thiophene rings is 1.